The molecule has 0 aromatic heterocycles. The summed E-state index contributed by atoms with van der Waals surface area (Å²) in [7, 11) is 1.39. The molecule has 1 heterocycles. The van der Waals surface area contributed by atoms with E-state index in [0.29, 0.717) is 12.2 Å². The molecule has 1 saturated heterocycles. The lowest BCUT2D eigenvalue weighted by Gasteiger charge is -2.29. The van der Waals surface area contributed by atoms with Crippen LogP contribution in [0.3, 0.4) is 0 Å². The number of methoxy groups -OCH3 is 1. The number of rotatable bonds is 4. The molecule has 1 atom stereocenters. The van der Waals surface area contributed by atoms with Crippen LogP contribution in [0, 0.1) is 6.92 Å². The number of benzene rings is 2. The van der Waals surface area contributed by atoms with Crippen molar-refractivity contribution in [1.29, 1.82) is 0 Å². The van der Waals surface area contributed by atoms with E-state index in [-0.39, 0.29) is 11.5 Å². The number of hydrogen-bond donors (Lipinski definition) is 1. The maximum Gasteiger partial charge on any atom is 0.337 e. The Balaban J connectivity index is 1.92. The van der Waals surface area contributed by atoms with E-state index < -0.39 is 0 Å². The highest BCUT2D eigenvalue weighted by Crippen LogP contribution is 2.34. The molecule has 3 rings (SSSR count). The van der Waals surface area contributed by atoms with Crippen molar-refractivity contribution >= 4 is 5.97 Å². The zero-order valence-corrected chi connectivity index (χ0v) is 13.5. The molecule has 2 aromatic carbocycles. The summed E-state index contributed by atoms with van der Waals surface area (Å²) >= 11 is 0. The van der Waals surface area contributed by atoms with Crippen LogP contribution in [0.4, 0.5) is 0 Å². The Hall–Kier alpha value is -2.17. The third-order valence-electron chi connectivity index (χ3n) is 4.51. The van der Waals surface area contributed by atoms with E-state index in [1.165, 1.54) is 18.2 Å². The largest absolute Gasteiger partial charge is 0.465 e. The number of ether oxygens (including phenoxy) is 1. The summed E-state index contributed by atoms with van der Waals surface area (Å²) in [6.07, 6.45) is 1.73. The third-order valence-corrected chi connectivity index (χ3v) is 4.51. The van der Waals surface area contributed by atoms with Gasteiger partial charge in [-0.15, -0.1) is 0 Å². The van der Waals surface area contributed by atoms with Gasteiger partial charge in [0.05, 0.1) is 24.8 Å². The van der Waals surface area contributed by atoms with Crippen LogP contribution < -0.4 is 5.48 Å². The van der Waals surface area contributed by atoms with Gasteiger partial charge in [-0.1, -0.05) is 36.4 Å². The molecule has 1 unspecified atom stereocenters. The van der Waals surface area contributed by atoms with E-state index in [1.54, 1.807) is 12.1 Å². The molecule has 0 radical (unpaired) electrons. The molecule has 23 heavy (non-hydrogen) atoms. The van der Waals surface area contributed by atoms with Gasteiger partial charge in [0.25, 0.3) is 0 Å². The number of nitrogens with one attached hydrogen (secondary N) is 1. The van der Waals surface area contributed by atoms with Gasteiger partial charge in [-0.2, -0.15) is 5.48 Å². The van der Waals surface area contributed by atoms with Gasteiger partial charge in [0, 0.05) is 0 Å². The molecule has 2 aromatic rings. The molecule has 1 fully saturated rings. The number of esters is 1. The van der Waals surface area contributed by atoms with Crippen LogP contribution in [0.25, 0.3) is 0 Å². The summed E-state index contributed by atoms with van der Waals surface area (Å²) in [5.74, 6) is -0.319. The lowest BCUT2D eigenvalue weighted by Crippen LogP contribution is -2.38. The minimum Gasteiger partial charge on any atom is -0.465 e. The SMILES string of the molecule is COC(=O)c1ccc(C2(Cc3ccccc3C)CCON2)cc1. The summed E-state index contributed by atoms with van der Waals surface area (Å²) < 4.78 is 4.76. The van der Waals surface area contributed by atoms with Crippen LogP contribution >= 0.6 is 0 Å². The smallest absolute Gasteiger partial charge is 0.337 e. The second-order valence-corrected chi connectivity index (χ2v) is 5.95. The lowest BCUT2D eigenvalue weighted by atomic mass is 9.81. The highest BCUT2D eigenvalue weighted by molar-refractivity contribution is 5.89. The van der Waals surface area contributed by atoms with Gasteiger partial charge in [0.2, 0.25) is 0 Å². The van der Waals surface area contributed by atoms with Crippen LogP contribution in [-0.4, -0.2) is 19.7 Å². The molecule has 1 aliphatic heterocycles. The highest BCUT2D eigenvalue weighted by Gasteiger charge is 2.37. The third kappa shape index (κ3) is 3.14. The number of carbonyl (C=O) groups is 1. The van der Waals surface area contributed by atoms with Gasteiger partial charge in [0.1, 0.15) is 0 Å². The molecule has 0 saturated carbocycles. The minimum absolute atomic E-state index is 0.263. The van der Waals surface area contributed by atoms with Gasteiger partial charge in [-0.25, -0.2) is 4.79 Å². The van der Waals surface area contributed by atoms with Crippen LogP contribution in [-0.2, 0) is 21.5 Å². The summed E-state index contributed by atoms with van der Waals surface area (Å²) in [4.78, 5) is 17.1. The van der Waals surface area contributed by atoms with Crippen molar-refractivity contribution in [1.82, 2.24) is 5.48 Å². The molecular formula is C19H21NO3. The molecule has 0 spiro atoms. The van der Waals surface area contributed by atoms with Crippen molar-refractivity contribution in [2.75, 3.05) is 13.7 Å². The molecule has 0 aliphatic carbocycles. The summed E-state index contributed by atoms with van der Waals surface area (Å²) in [5.41, 5.74) is 7.18. The first-order valence-corrected chi connectivity index (χ1v) is 7.77. The fourth-order valence-electron chi connectivity index (χ4n) is 3.07. The van der Waals surface area contributed by atoms with E-state index >= 15 is 0 Å². The molecule has 0 bridgehead atoms. The van der Waals surface area contributed by atoms with Gasteiger partial charge in [0.15, 0.2) is 0 Å². The number of hydroxylamine groups is 1. The molecule has 120 valence electrons. The second kappa shape index (κ2) is 6.52. The molecule has 1 N–H and O–H groups in total. The van der Waals surface area contributed by atoms with Crippen molar-refractivity contribution in [3.63, 3.8) is 0 Å². The van der Waals surface area contributed by atoms with Gasteiger partial charge in [-0.3, -0.25) is 0 Å². The van der Waals surface area contributed by atoms with E-state index in [9.17, 15) is 4.79 Å². The van der Waals surface area contributed by atoms with Gasteiger partial charge < -0.3 is 9.57 Å². The van der Waals surface area contributed by atoms with E-state index in [4.69, 9.17) is 9.57 Å². The quantitative estimate of drug-likeness (QED) is 0.881. The summed E-state index contributed by atoms with van der Waals surface area (Å²) in [5, 5.41) is 0. The van der Waals surface area contributed by atoms with E-state index in [1.807, 2.05) is 12.1 Å². The molecule has 0 amide bonds. The van der Waals surface area contributed by atoms with Crippen molar-refractivity contribution in [3.8, 4) is 0 Å². The van der Waals surface area contributed by atoms with Gasteiger partial charge >= 0.3 is 5.97 Å². The first kappa shape index (κ1) is 15.7. The summed E-state index contributed by atoms with van der Waals surface area (Å²) in [6.45, 7) is 2.80. The molecule has 4 heteroatoms. The van der Waals surface area contributed by atoms with E-state index in [0.717, 1.165) is 18.4 Å². The zero-order valence-electron chi connectivity index (χ0n) is 13.5. The van der Waals surface area contributed by atoms with E-state index in [2.05, 4.69) is 36.7 Å². The Morgan fingerprint density at radius 3 is 2.57 bits per heavy atom. The fourth-order valence-corrected chi connectivity index (χ4v) is 3.07. The first-order valence-electron chi connectivity index (χ1n) is 7.77. The monoisotopic (exact) mass is 311 g/mol. The second-order valence-electron chi connectivity index (χ2n) is 5.95. The van der Waals surface area contributed by atoms with Crippen molar-refractivity contribution in [2.45, 2.75) is 25.3 Å². The normalized spacial score (nSPS) is 20.4. The average Bonchev–Trinajstić information content (AvgIpc) is 3.06. The standard InChI is InChI=1S/C19H21NO3/c1-14-5-3-4-6-16(14)13-19(11-12-23-20-19)17-9-7-15(8-10-17)18(21)22-2/h3-10,20H,11-13H2,1-2H3. The highest BCUT2D eigenvalue weighted by atomic mass is 16.7. The number of aryl methyl sites for hydroxylation is 1. The van der Waals surface area contributed by atoms with Crippen molar-refractivity contribution in [2.24, 2.45) is 0 Å². The van der Waals surface area contributed by atoms with Crippen molar-refractivity contribution < 1.29 is 14.4 Å². The minimum atomic E-state index is -0.319. The predicted octanol–water partition coefficient (Wildman–Crippen LogP) is 3.14. The lowest BCUT2D eigenvalue weighted by molar-refractivity contribution is 0.0593. The number of hydrogen-bond acceptors (Lipinski definition) is 4. The Morgan fingerprint density at radius 2 is 1.96 bits per heavy atom. The topological polar surface area (TPSA) is 47.6 Å². The first-order chi connectivity index (χ1) is 11.1. The molecule has 4 nitrogen and oxygen atoms in total. The van der Waals surface area contributed by atoms with Crippen LogP contribution in [0.1, 0.15) is 33.5 Å². The van der Waals surface area contributed by atoms with Gasteiger partial charge in [-0.05, 0) is 48.6 Å². The Bertz CT molecular complexity index is 688. The van der Waals surface area contributed by atoms with Crippen LogP contribution in [0.2, 0.25) is 0 Å². The Labute approximate surface area is 136 Å². The molecular weight excluding hydrogens is 290 g/mol. The average molecular weight is 311 g/mol. The Kier molecular flexibility index (Phi) is 4.46. The fraction of sp³-hybridized carbons (Fsp3) is 0.316. The summed E-state index contributed by atoms with van der Waals surface area (Å²) in [6, 6.07) is 16.0. The zero-order chi connectivity index (χ0) is 16.3. The van der Waals surface area contributed by atoms with Crippen LogP contribution in [0.5, 0.6) is 0 Å². The maximum absolute atomic E-state index is 11.6. The number of carbonyl (C=O) groups excluding carboxylic acids is 1. The van der Waals surface area contributed by atoms with Crippen LogP contribution in [0.15, 0.2) is 48.5 Å². The molecule has 1 aliphatic rings. The maximum atomic E-state index is 11.6. The van der Waals surface area contributed by atoms with Crippen molar-refractivity contribution in [3.05, 3.63) is 70.8 Å². The predicted molar refractivity (Wildman–Crippen MR) is 88.0 cm³/mol. The Morgan fingerprint density at radius 1 is 1.22 bits per heavy atom.